The lowest BCUT2D eigenvalue weighted by Gasteiger charge is -2.28. The van der Waals surface area contributed by atoms with E-state index < -0.39 is 0 Å². The summed E-state index contributed by atoms with van der Waals surface area (Å²) in [5.41, 5.74) is 2.22. The van der Waals surface area contributed by atoms with E-state index in [4.69, 9.17) is 4.74 Å². The van der Waals surface area contributed by atoms with Crippen LogP contribution in [-0.4, -0.2) is 41.9 Å². The normalized spacial score (nSPS) is 19.7. The van der Waals surface area contributed by atoms with Crippen LogP contribution < -0.4 is 15.5 Å². The van der Waals surface area contributed by atoms with Crippen LogP contribution in [0.1, 0.15) is 32.1 Å². The minimum atomic E-state index is -0.372. The molecule has 4 rings (SSSR count). The Kier molecular flexibility index (Phi) is 5.48. The molecule has 3 heterocycles. The SMILES string of the molecule is O=C(Nc1ccc(Nc2ccc(N3CCCCC3)cc2)nn1)C1CCCO1. The van der Waals surface area contributed by atoms with Crippen LogP contribution in [0.3, 0.4) is 0 Å². The summed E-state index contributed by atoms with van der Waals surface area (Å²) in [7, 11) is 0. The highest BCUT2D eigenvalue weighted by Crippen LogP contribution is 2.23. The molecule has 0 radical (unpaired) electrons. The molecular formula is C20H25N5O2. The molecule has 2 saturated heterocycles. The van der Waals surface area contributed by atoms with E-state index in [0.29, 0.717) is 18.2 Å². The van der Waals surface area contributed by atoms with Gasteiger partial charge in [-0.2, -0.15) is 0 Å². The number of aromatic nitrogens is 2. The summed E-state index contributed by atoms with van der Waals surface area (Å²) in [5, 5.41) is 14.2. The number of anilines is 4. The topological polar surface area (TPSA) is 79.4 Å². The largest absolute Gasteiger partial charge is 0.372 e. The lowest BCUT2D eigenvalue weighted by Crippen LogP contribution is -2.29. The van der Waals surface area contributed by atoms with Crippen LogP contribution in [0.5, 0.6) is 0 Å². The fourth-order valence-corrected chi connectivity index (χ4v) is 3.51. The molecule has 2 aromatic rings. The van der Waals surface area contributed by atoms with Crippen LogP contribution in [0.2, 0.25) is 0 Å². The molecule has 2 N–H and O–H groups in total. The van der Waals surface area contributed by atoms with Gasteiger partial charge in [0.1, 0.15) is 6.10 Å². The molecule has 0 bridgehead atoms. The van der Waals surface area contributed by atoms with Crippen molar-refractivity contribution >= 4 is 28.9 Å². The van der Waals surface area contributed by atoms with Crippen molar-refractivity contribution < 1.29 is 9.53 Å². The molecule has 1 amide bonds. The number of carbonyl (C=O) groups is 1. The van der Waals surface area contributed by atoms with Crippen molar-refractivity contribution in [1.82, 2.24) is 10.2 Å². The summed E-state index contributed by atoms with van der Waals surface area (Å²) in [5.74, 6) is 0.910. The molecule has 7 nitrogen and oxygen atoms in total. The number of rotatable bonds is 5. The molecule has 1 aromatic carbocycles. The van der Waals surface area contributed by atoms with Gasteiger partial charge in [0, 0.05) is 31.1 Å². The van der Waals surface area contributed by atoms with Gasteiger partial charge in [0.15, 0.2) is 11.6 Å². The van der Waals surface area contributed by atoms with E-state index in [2.05, 4.69) is 50.0 Å². The highest BCUT2D eigenvalue weighted by molar-refractivity contribution is 5.93. The first kappa shape index (κ1) is 17.7. The fourth-order valence-electron chi connectivity index (χ4n) is 3.51. The Morgan fingerprint density at radius 2 is 1.70 bits per heavy atom. The number of nitrogens with zero attached hydrogens (tertiary/aromatic N) is 3. The lowest BCUT2D eigenvalue weighted by molar-refractivity contribution is -0.124. The molecule has 27 heavy (non-hydrogen) atoms. The monoisotopic (exact) mass is 367 g/mol. The Morgan fingerprint density at radius 3 is 2.37 bits per heavy atom. The van der Waals surface area contributed by atoms with Crippen LogP contribution in [0, 0.1) is 0 Å². The number of nitrogens with one attached hydrogen (secondary N) is 2. The number of carbonyl (C=O) groups excluding carboxylic acids is 1. The van der Waals surface area contributed by atoms with Crippen molar-refractivity contribution in [3.63, 3.8) is 0 Å². The van der Waals surface area contributed by atoms with E-state index >= 15 is 0 Å². The number of benzene rings is 1. The van der Waals surface area contributed by atoms with Gasteiger partial charge in [0.2, 0.25) is 0 Å². The summed E-state index contributed by atoms with van der Waals surface area (Å²) in [6, 6.07) is 11.9. The smallest absolute Gasteiger partial charge is 0.254 e. The van der Waals surface area contributed by atoms with Crippen molar-refractivity contribution in [2.45, 2.75) is 38.2 Å². The molecule has 1 atom stereocenters. The standard InChI is InChI=1S/C20H25N5O2/c26-20(17-5-4-14-27-17)22-19-11-10-18(23-24-19)21-15-6-8-16(9-7-15)25-12-2-1-3-13-25/h6-11,17H,1-5,12-14H2,(H,21,23)(H,22,24,26). The third-order valence-corrected chi connectivity index (χ3v) is 5.00. The Hall–Kier alpha value is -2.67. The van der Waals surface area contributed by atoms with Gasteiger partial charge in [-0.1, -0.05) is 0 Å². The first-order chi connectivity index (χ1) is 13.3. The Morgan fingerprint density at radius 1 is 0.963 bits per heavy atom. The van der Waals surface area contributed by atoms with Crippen molar-refractivity contribution in [2.75, 3.05) is 35.2 Å². The maximum atomic E-state index is 12.0. The molecule has 2 aliphatic rings. The Bertz CT molecular complexity index is 751. The summed E-state index contributed by atoms with van der Waals surface area (Å²) in [6.45, 7) is 2.91. The van der Waals surface area contributed by atoms with Gasteiger partial charge < -0.3 is 20.3 Å². The van der Waals surface area contributed by atoms with E-state index in [1.807, 2.05) is 0 Å². The molecule has 1 aromatic heterocycles. The molecule has 2 aliphatic heterocycles. The average Bonchev–Trinajstić information content (AvgIpc) is 3.26. The van der Waals surface area contributed by atoms with Crippen LogP contribution >= 0.6 is 0 Å². The van der Waals surface area contributed by atoms with Crippen LogP contribution in [0.15, 0.2) is 36.4 Å². The minimum absolute atomic E-state index is 0.157. The zero-order valence-electron chi connectivity index (χ0n) is 15.4. The van der Waals surface area contributed by atoms with Gasteiger partial charge in [-0.25, -0.2) is 0 Å². The van der Waals surface area contributed by atoms with Gasteiger partial charge in [-0.3, -0.25) is 4.79 Å². The van der Waals surface area contributed by atoms with Crippen LogP contribution in [-0.2, 0) is 9.53 Å². The average molecular weight is 367 g/mol. The molecule has 7 heteroatoms. The second-order valence-electron chi connectivity index (χ2n) is 7.01. The number of amides is 1. The maximum absolute atomic E-state index is 12.0. The molecule has 142 valence electrons. The highest BCUT2D eigenvalue weighted by Gasteiger charge is 2.23. The third-order valence-electron chi connectivity index (χ3n) is 5.00. The predicted octanol–water partition coefficient (Wildman–Crippen LogP) is 3.33. The summed E-state index contributed by atoms with van der Waals surface area (Å²) in [4.78, 5) is 14.5. The molecular weight excluding hydrogens is 342 g/mol. The molecule has 0 spiro atoms. The zero-order valence-corrected chi connectivity index (χ0v) is 15.4. The first-order valence-corrected chi connectivity index (χ1v) is 9.66. The fraction of sp³-hybridized carbons (Fsp3) is 0.450. The van der Waals surface area contributed by atoms with E-state index in [1.54, 1.807) is 12.1 Å². The van der Waals surface area contributed by atoms with Crippen molar-refractivity contribution in [1.29, 1.82) is 0 Å². The van der Waals surface area contributed by atoms with E-state index in [9.17, 15) is 4.79 Å². The molecule has 2 fully saturated rings. The van der Waals surface area contributed by atoms with Gasteiger partial charge in [-0.05, 0) is 68.5 Å². The number of ether oxygens (including phenoxy) is 1. The molecule has 0 saturated carbocycles. The van der Waals surface area contributed by atoms with Crippen LogP contribution in [0.4, 0.5) is 23.0 Å². The second kappa shape index (κ2) is 8.35. The lowest BCUT2D eigenvalue weighted by atomic mass is 10.1. The number of hydrogen-bond donors (Lipinski definition) is 2. The summed E-state index contributed by atoms with van der Waals surface area (Å²) < 4.78 is 5.37. The maximum Gasteiger partial charge on any atom is 0.254 e. The van der Waals surface area contributed by atoms with E-state index in [-0.39, 0.29) is 12.0 Å². The van der Waals surface area contributed by atoms with Crippen molar-refractivity contribution in [3.05, 3.63) is 36.4 Å². The van der Waals surface area contributed by atoms with E-state index in [1.165, 1.54) is 24.9 Å². The first-order valence-electron chi connectivity index (χ1n) is 9.66. The summed E-state index contributed by atoms with van der Waals surface area (Å²) in [6.07, 6.45) is 5.17. The Labute approximate surface area is 159 Å². The highest BCUT2D eigenvalue weighted by atomic mass is 16.5. The number of piperidine rings is 1. The summed E-state index contributed by atoms with van der Waals surface area (Å²) >= 11 is 0. The third kappa shape index (κ3) is 4.54. The van der Waals surface area contributed by atoms with Gasteiger partial charge >= 0.3 is 0 Å². The van der Waals surface area contributed by atoms with E-state index in [0.717, 1.165) is 31.6 Å². The Balaban J connectivity index is 1.33. The minimum Gasteiger partial charge on any atom is -0.372 e. The van der Waals surface area contributed by atoms with Gasteiger partial charge in [0.05, 0.1) is 0 Å². The zero-order chi connectivity index (χ0) is 18.5. The van der Waals surface area contributed by atoms with Crippen LogP contribution in [0.25, 0.3) is 0 Å². The molecule has 1 unspecified atom stereocenters. The van der Waals surface area contributed by atoms with Gasteiger partial charge in [0.25, 0.3) is 5.91 Å². The quantitative estimate of drug-likeness (QED) is 0.844. The molecule has 0 aliphatic carbocycles. The van der Waals surface area contributed by atoms with Crippen molar-refractivity contribution in [3.8, 4) is 0 Å². The number of hydrogen-bond acceptors (Lipinski definition) is 6. The second-order valence-corrected chi connectivity index (χ2v) is 7.01. The van der Waals surface area contributed by atoms with Crippen molar-refractivity contribution in [2.24, 2.45) is 0 Å². The predicted molar refractivity (Wildman–Crippen MR) is 105 cm³/mol. The van der Waals surface area contributed by atoms with Gasteiger partial charge in [-0.15, -0.1) is 10.2 Å².